The van der Waals surface area contributed by atoms with Crippen LogP contribution in [0.4, 0.5) is 11.9 Å². The summed E-state index contributed by atoms with van der Waals surface area (Å²) in [4.78, 5) is 3.83. The van der Waals surface area contributed by atoms with Gasteiger partial charge in [0.1, 0.15) is 0 Å². The van der Waals surface area contributed by atoms with Crippen LogP contribution in [0.25, 0.3) is 16.8 Å². The van der Waals surface area contributed by atoms with Gasteiger partial charge < -0.3 is 11.5 Å². The summed E-state index contributed by atoms with van der Waals surface area (Å²) in [6.07, 6.45) is 3.14. The highest BCUT2D eigenvalue weighted by molar-refractivity contribution is 6.39. The number of hydrogen-bond acceptors (Lipinski definition) is 6. The maximum Gasteiger partial charge on any atom is 0.241 e. The number of nitrogens with two attached hydrogens (primary N) is 2. The van der Waals surface area contributed by atoms with Crippen LogP contribution in [0.5, 0.6) is 0 Å². The van der Waals surface area contributed by atoms with Gasteiger partial charge in [0, 0.05) is 11.1 Å². The number of nitrogen functional groups attached to an aromatic ring is 2. The average Bonchev–Trinajstić information content (AvgIpc) is 2.78. The predicted octanol–water partition coefficient (Wildman–Crippen LogP) is 2.20. The van der Waals surface area contributed by atoms with Gasteiger partial charge >= 0.3 is 0 Å². The number of nitrogens with zero attached hydrogens (tertiary/aromatic N) is 5. The summed E-state index contributed by atoms with van der Waals surface area (Å²) in [5, 5.41) is 12.4. The van der Waals surface area contributed by atoms with Crippen molar-refractivity contribution in [2.75, 3.05) is 11.5 Å². The predicted molar refractivity (Wildman–Crippen MR) is 81.2 cm³/mol. The Morgan fingerprint density at radius 1 is 1.05 bits per heavy atom. The van der Waals surface area contributed by atoms with Gasteiger partial charge in [-0.3, -0.25) is 0 Å². The first kappa shape index (κ1) is 13.6. The van der Waals surface area contributed by atoms with Gasteiger partial charge in [0.2, 0.25) is 11.9 Å². The van der Waals surface area contributed by atoms with Crippen molar-refractivity contribution in [3.8, 4) is 16.8 Å². The molecule has 0 fully saturated rings. The van der Waals surface area contributed by atoms with Gasteiger partial charge in [-0.25, -0.2) is 0 Å². The Morgan fingerprint density at radius 3 is 2.29 bits per heavy atom. The number of halogens is 2. The van der Waals surface area contributed by atoms with Gasteiger partial charge in [-0.2, -0.15) is 19.9 Å². The van der Waals surface area contributed by atoms with Crippen molar-refractivity contribution in [1.82, 2.24) is 25.0 Å². The van der Waals surface area contributed by atoms with Crippen LogP contribution in [-0.4, -0.2) is 25.0 Å². The molecule has 0 saturated carbocycles. The second-order valence-corrected chi connectivity index (χ2v) is 4.97. The molecule has 21 heavy (non-hydrogen) atoms. The van der Waals surface area contributed by atoms with Crippen molar-refractivity contribution in [3.05, 3.63) is 40.6 Å². The molecule has 2 aromatic heterocycles. The summed E-state index contributed by atoms with van der Waals surface area (Å²) in [7, 11) is 0. The molecule has 9 heteroatoms. The summed E-state index contributed by atoms with van der Waals surface area (Å²) < 4.78 is 1.36. The summed E-state index contributed by atoms with van der Waals surface area (Å²) in [6.45, 7) is 0. The fourth-order valence-electron chi connectivity index (χ4n) is 1.93. The normalized spacial score (nSPS) is 10.8. The number of benzene rings is 1. The van der Waals surface area contributed by atoms with E-state index in [0.29, 0.717) is 21.3 Å². The van der Waals surface area contributed by atoms with E-state index in [2.05, 4.69) is 20.3 Å². The molecule has 2 heterocycles. The Balaban J connectivity index is 2.15. The Kier molecular flexibility index (Phi) is 3.36. The van der Waals surface area contributed by atoms with Crippen LogP contribution in [0.3, 0.4) is 0 Å². The molecule has 3 rings (SSSR count). The highest BCUT2D eigenvalue weighted by Gasteiger charge is 2.14. The third kappa shape index (κ3) is 2.48. The third-order valence-corrected chi connectivity index (χ3v) is 3.39. The summed E-state index contributed by atoms with van der Waals surface area (Å²) >= 11 is 12.6. The fraction of sp³-hybridized carbons (Fsp3) is 0. The molecule has 0 aliphatic rings. The minimum absolute atomic E-state index is 0.0714. The van der Waals surface area contributed by atoms with Crippen molar-refractivity contribution in [2.45, 2.75) is 0 Å². The smallest absolute Gasteiger partial charge is 0.241 e. The molecule has 0 spiro atoms. The quantitative estimate of drug-likeness (QED) is 0.748. The molecule has 0 amide bonds. The van der Waals surface area contributed by atoms with E-state index in [-0.39, 0.29) is 11.9 Å². The average molecular weight is 322 g/mol. The molecule has 0 unspecified atom stereocenters. The Morgan fingerprint density at radius 2 is 1.76 bits per heavy atom. The number of anilines is 2. The summed E-state index contributed by atoms with van der Waals surface area (Å²) in [5.74, 6) is 0.222. The zero-order valence-corrected chi connectivity index (χ0v) is 12.0. The number of aromatic nitrogens is 5. The molecule has 0 aliphatic heterocycles. The van der Waals surface area contributed by atoms with Crippen molar-refractivity contribution < 1.29 is 0 Å². The van der Waals surface area contributed by atoms with Crippen LogP contribution in [0.2, 0.25) is 10.0 Å². The van der Waals surface area contributed by atoms with E-state index in [1.54, 1.807) is 30.6 Å². The highest BCUT2D eigenvalue weighted by Crippen LogP contribution is 2.36. The molecule has 4 N–H and O–H groups in total. The number of hydrogen-bond donors (Lipinski definition) is 2. The van der Waals surface area contributed by atoms with Crippen LogP contribution in [0.1, 0.15) is 0 Å². The van der Waals surface area contributed by atoms with Gasteiger partial charge in [-0.1, -0.05) is 23.2 Å². The highest BCUT2D eigenvalue weighted by atomic mass is 35.5. The van der Waals surface area contributed by atoms with Crippen molar-refractivity contribution in [2.24, 2.45) is 0 Å². The van der Waals surface area contributed by atoms with E-state index < -0.39 is 0 Å². The van der Waals surface area contributed by atoms with E-state index in [1.165, 1.54) is 4.68 Å². The number of rotatable bonds is 2. The van der Waals surface area contributed by atoms with Crippen molar-refractivity contribution in [3.63, 3.8) is 0 Å². The van der Waals surface area contributed by atoms with Gasteiger partial charge in [0.15, 0.2) is 0 Å². The van der Waals surface area contributed by atoms with E-state index in [0.717, 1.165) is 5.56 Å². The lowest BCUT2D eigenvalue weighted by Gasteiger charge is -2.10. The minimum Gasteiger partial charge on any atom is -0.368 e. The van der Waals surface area contributed by atoms with E-state index in [4.69, 9.17) is 34.7 Å². The maximum atomic E-state index is 6.31. The molecular weight excluding hydrogens is 313 g/mol. The first-order chi connectivity index (χ1) is 10.1. The summed E-state index contributed by atoms with van der Waals surface area (Å²) in [6, 6.07) is 5.11. The molecule has 0 aliphatic carbocycles. The third-order valence-electron chi connectivity index (χ3n) is 2.79. The Labute approximate surface area is 129 Å². The second-order valence-electron chi connectivity index (χ2n) is 4.16. The largest absolute Gasteiger partial charge is 0.368 e. The molecule has 7 nitrogen and oxygen atoms in total. The van der Waals surface area contributed by atoms with Gasteiger partial charge in [0.25, 0.3) is 0 Å². The van der Waals surface area contributed by atoms with Crippen LogP contribution in [0, 0.1) is 0 Å². The lowest BCUT2D eigenvalue weighted by molar-refractivity contribution is 0.896. The Bertz CT molecular complexity index is 778. The van der Waals surface area contributed by atoms with Gasteiger partial charge in [0.05, 0.1) is 28.1 Å². The molecule has 0 saturated heterocycles. The first-order valence-electron chi connectivity index (χ1n) is 5.81. The zero-order chi connectivity index (χ0) is 15.0. The first-order valence-corrected chi connectivity index (χ1v) is 6.56. The maximum absolute atomic E-state index is 6.31. The van der Waals surface area contributed by atoms with Crippen LogP contribution in [0.15, 0.2) is 30.6 Å². The van der Waals surface area contributed by atoms with Gasteiger partial charge in [-0.05, 0) is 18.2 Å². The van der Waals surface area contributed by atoms with Crippen LogP contribution >= 0.6 is 23.2 Å². The topological polar surface area (TPSA) is 109 Å². The van der Waals surface area contributed by atoms with Crippen LogP contribution in [-0.2, 0) is 0 Å². The molecule has 0 bridgehead atoms. The van der Waals surface area contributed by atoms with E-state index in [9.17, 15) is 0 Å². The lowest BCUT2D eigenvalue weighted by Crippen LogP contribution is -2.03. The van der Waals surface area contributed by atoms with E-state index in [1.807, 2.05) is 0 Å². The van der Waals surface area contributed by atoms with Crippen molar-refractivity contribution in [1.29, 1.82) is 0 Å². The molecule has 0 radical (unpaired) electrons. The SMILES string of the molecule is Nc1nc(N)n(-c2cc(Cl)c(-c3ccnnc3)c(Cl)c2)n1. The minimum atomic E-state index is 0.0714. The van der Waals surface area contributed by atoms with E-state index >= 15 is 0 Å². The molecule has 106 valence electrons. The standard InChI is InChI=1S/C12H9Cl2N7/c13-8-3-7(21-12(16)19-11(15)20-21)4-9(14)10(8)6-1-2-17-18-5-6/h1-5H,(H4,15,16,19,20). The van der Waals surface area contributed by atoms with Gasteiger partial charge in [-0.15, -0.1) is 5.10 Å². The summed E-state index contributed by atoms with van der Waals surface area (Å²) in [5.41, 5.74) is 13.2. The van der Waals surface area contributed by atoms with Crippen molar-refractivity contribution >= 4 is 35.1 Å². The Hall–Kier alpha value is -2.38. The van der Waals surface area contributed by atoms with Crippen LogP contribution < -0.4 is 11.5 Å². The fourth-order valence-corrected chi connectivity index (χ4v) is 2.62. The lowest BCUT2D eigenvalue weighted by atomic mass is 10.1. The zero-order valence-electron chi connectivity index (χ0n) is 10.5. The molecule has 0 atom stereocenters. The molecular formula is C12H9Cl2N7. The molecule has 1 aromatic carbocycles. The monoisotopic (exact) mass is 321 g/mol. The molecule has 3 aromatic rings. The second kappa shape index (κ2) is 5.19.